The van der Waals surface area contributed by atoms with Gasteiger partial charge in [0.25, 0.3) is 0 Å². The van der Waals surface area contributed by atoms with Crippen molar-refractivity contribution in [3.8, 4) is 0 Å². The number of nitrogens with one attached hydrogen (secondary N) is 1. The van der Waals surface area contributed by atoms with Crippen molar-refractivity contribution in [2.75, 3.05) is 19.6 Å². The lowest BCUT2D eigenvalue weighted by atomic mass is 9.85. The van der Waals surface area contributed by atoms with Crippen LogP contribution in [0.4, 0.5) is 0 Å². The second kappa shape index (κ2) is 11.2. The fourth-order valence-corrected chi connectivity index (χ4v) is 4.64. The van der Waals surface area contributed by atoms with E-state index in [-0.39, 0.29) is 42.3 Å². The molecule has 1 aliphatic carbocycles. The summed E-state index contributed by atoms with van der Waals surface area (Å²) in [6.45, 7) is 3.29. The van der Waals surface area contributed by atoms with Gasteiger partial charge in [-0.05, 0) is 56.4 Å². The van der Waals surface area contributed by atoms with Crippen LogP contribution in [0.1, 0.15) is 44.6 Å². The molecule has 32 heavy (non-hydrogen) atoms. The SMILES string of the molecule is CC(NC1CCC(C(N)=O)CC1)N1CCN(C(=O)/C=C/c2ccc(Cl)c(Cl)c2)CCC1=O. The van der Waals surface area contributed by atoms with Crippen LogP contribution in [0.15, 0.2) is 24.3 Å². The van der Waals surface area contributed by atoms with Crippen molar-refractivity contribution in [3.63, 3.8) is 0 Å². The highest BCUT2D eigenvalue weighted by Gasteiger charge is 2.30. The van der Waals surface area contributed by atoms with E-state index in [2.05, 4.69) is 5.32 Å². The molecule has 0 aromatic heterocycles. The Labute approximate surface area is 198 Å². The van der Waals surface area contributed by atoms with Gasteiger partial charge in [-0.1, -0.05) is 29.3 Å². The highest BCUT2D eigenvalue weighted by Crippen LogP contribution is 2.25. The summed E-state index contributed by atoms with van der Waals surface area (Å²) in [5.41, 5.74) is 6.19. The number of primary amides is 1. The van der Waals surface area contributed by atoms with E-state index in [0.29, 0.717) is 29.7 Å². The molecule has 1 aromatic carbocycles. The molecular weight excluding hydrogens is 451 g/mol. The fourth-order valence-electron chi connectivity index (χ4n) is 4.33. The smallest absolute Gasteiger partial charge is 0.246 e. The zero-order chi connectivity index (χ0) is 23.3. The van der Waals surface area contributed by atoms with Gasteiger partial charge in [-0.15, -0.1) is 0 Å². The summed E-state index contributed by atoms with van der Waals surface area (Å²) in [6.07, 6.45) is 6.63. The number of amides is 3. The van der Waals surface area contributed by atoms with Gasteiger partial charge in [0, 0.05) is 44.1 Å². The number of carbonyl (C=O) groups excluding carboxylic acids is 3. The summed E-state index contributed by atoms with van der Waals surface area (Å²) < 4.78 is 0. The predicted octanol–water partition coefficient (Wildman–Crippen LogP) is 3.05. The summed E-state index contributed by atoms with van der Waals surface area (Å²) in [6, 6.07) is 5.43. The lowest BCUT2D eigenvalue weighted by molar-refractivity contribution is -0.133. The van der Waals surface area contributed by atoms with E-state index >= 15 is 0 Å². The second-order valence-electron chi connectivity index (χ2n) is 8.46. The number of nitrogens with zero attached hydrogens (tertiary/aromatic N) is 2. The zero-order valence-electron chi connectivity index (χ0n) is 18.2. The third-order valence-electron chi connectivity index (χ3n) is 6.27. The molecule has 1 saturated carbocycles. The maximum absolute atomic E-state index is 12.7. The zero-order valence-corrected chi connectivity index (χ0v) is 19.7. The monoisotopic (exact) mass is 480 g/mol. The van der Waals surface area contributed by atoms with E-state index in [4.69, 9.17) is 28.9 Å². The van der Waals surface area contributed by atoms with Gasteiger partial charge >= 0.3 is 0 Å². The number of rotatable bonds is 6. The van der Waals surface area contributed by atoms with Gasteiger partial charge in [-0.2, -0.15) is 0 Å². The van der Waals surface area contributed by atoms with E-state index in [9.17, 15) is 14.4 Å². The molecule has 174 valence electrons. The largest absolute Gasteiger partial charge is 0.369 e. The molecule has 3 amide bonds. The molecule has 0 radical (unpaired) electrons. The summed E-state index contributed by atoms with van der Waals surface area (Å²) in [5.74, 6) is -0.382. The van der Waals surface area contributed by atoms with Crippen molar-refractivity contribution in [1.29, 1.82) is 0 Å². The Morgan fingerprint density at radius 1 is 1.12 bits per heavy atom. The lowest BCUT2D eigenvalue weighted by Crippen LogP contribution is -2.52. The molecule has 1 saturated heterocycles. The van der Waals surface area contributed by atoms with E-state index in [0.717, 1.165) is 31.2 Å². The van der Waals surface area contributed by atoms with Gasteiger partial charge in [0.2, 0.25) is 17.7 Å². The van der Waals surface area contributed by atoms with E-state index in [1.807, 2.05) is 6.92 Å². The Morgan fingerprint density at radius 2 is 1.84 bits per heavy atom. The van der Waals surface area contributed by atoms with Gasteiger partial charge in [-0.3, -0.25) is 19.7 Å². The van der Waals surface area contributed by atoms with Gasteiger partial charge in [0.1, 0.15) is 0 Å². The molecule has 1 atom stereocenters. The summed E-state index contributed by atoms with van der Waals surface area (Å²) in [4.78, 5) is 40.2. The number of halogens is 2. The molecule has 3 N–H and O–H groups in total. The normalized spacial score (nSPS) is 23.3. The Kier molecular flexibility index (Phi) is 8.57. The summed E-state index contributed by atoms with van der Waals surface area (Å²) in [7, 11) is 0. The molecule has 2 aliphatic rings. The minimum Gasteiger partial charge on any atom is -0.369 e. The summed E-state index contributed by atoms with van der Waals surface area (Å²) in [5, 5.41) is 4.41. The van der Waals surface area contributed by atoms with Crippen LogP contribution >= 0.6 is 23.2 Å². The number of nitrogens with two attached hydrogens (primary N) is 1. The molecular formula is C23H30Cl2N4O3. The molecule has 0 bridgehead atoms. The van der Waals surface area contributed by atoms with Crippen LogP contribution in [0.25, 0.3) is 6.08 Å². The van der Waals surface area contributed by atoms with Crippen LogP contribution in [0.3, 0.4) is 0 Å². The average Bonchev–Trinajstić information content (AvgIpc) is 2.96. The van der Waals surface area contributed by atoms with Gasteiger partial charge in [0.05, 0.1) is 16.2 Å². The van der Waals surface area contributed by atoms with Gasteiger partial charge in [-0.25, -0.2) is 0 Å². The van der Waals surface area contributed by atoms with Crippen LogP contribution in [0, 0.1) is 5.92 Å². The second-order valence-corrected chi connectivity index (χ2v) is 9.28. The number of benzene rings is 1. The van der Waals surface area contributed by atoms with Crippen LogP contribution in [-0.2, 0) is 14.4 Å². The van der Waals surface area contributed by atoms with Crippen molar-refractivity contribution in [2.24, 2.45) is 11.7 Å². The maximum Gasteiger partial charge on any atom is 0.246 e. The molecule has 7 nitrogen and oxygen atoms in total. The topological polar surface area (TPSA) is 95.7 Å². The fraction of sp³-hybridized carbons (Fsp3) is 0.522. The Balaban J connectivity index is 1.52. The number of hydrogen-bond donors (Lipinski definition) is 2. The Morgan fingerprint density at radius 3 is 2.50 bits per heavy atom. The quantitative estimate of drug-likeness (QED) is 0.611. The standard InChI is InChI=1S/C23H30Cl2N4O3/c1-15(27-18-6-4-17(5-7-18)23(26)32)29-13-12-28(11-10-22(29)31)21(30)9-3-16-2-8-19(24)20(25)14-16/h2-3,8-9,14-15,17-18,27H,4-7,10-13H2,1H3,(H2,26,32)/b9-3+. The first-order valence-electron chi connectivity index (χ1n) is 11.0. The lowest BCUT2D eigenvalue weighted by Gasteiger charge is -2.35. The minimum absolute atomic E-state index is 0.0274. The molecule has 3 rings (SSSR count). The number of hydrogen-bond acceptors (Lipinski definition) is 4. The molecule has 9 heteroatoms. The van der Waals surface area contributed by atoms with Crippen molar-refractivity contribution in [1.82, 2.24) is 15.1 Å². The van der Waals surface area contributed by atoms with E-state index in [1.54, 1.807) is 34.1 Å². The van der Waals surface area contributed by atoms with Crippen molar-refractivity contribution in [2.45, 2.75) is 51.2 Å². The third-order valence-corrected chi connectivity index (χ3v) is 7.01. The average molecular weight is 481 g/mol. The van der Waals surface area contributed by atoms with E-state index < -0.39 is 0 Å². The first kappa shape index (κ1) is 24.6. The first-order valence-corrected chi connectivity index (χ1v) is 11.8. The molecule has 2 fully saturated rings. The van der Waals surface area contributed by atoms with Crippen molar-refractivity contribution in [3.05, 3.63) is 39.9 Å². The molecule has 1 aromatic rings. The third kappa shape index (κ3) is 6.47. The van der Waals surface area contributed by atoms with Crippen LogP contribution < -0.4 is 11.1 Å². The highest BCUT2D eigenvalue weighted by molar-refractivity contribution is 6.42. The maximum atomic E-state index is 12.7. The van der Waals surface area contributed by atoms with Crippen LogP contribution in [0.2, 0.25) is 10.0 Å². The Bertz CT molecular complexity index is 884. The molecule has 0 spiro atoms. The molecule has 1 heterocycles. The van der Waals surface area contributed by atoms with Crippen molar-refractivity contribution < 1.29 is 14.4 Å². The van der Waals surface area contributed by atoms with Crippen LogP contribution in [0.5, 0.6) is 0 Å². The number of carbonyl (C=O) groups is 3. The highest BCUT2D eigenvalue weighted by atomic mass is 35.5. The Hall–Kier alpha value is -2.09. The molecule has 1 unspecified atom stereocenters. The first-order chi connectivity index (χ1) is 15.2. The summed E-state index contributed by atoms with van der Waals surface area (Å²) >= 11 is 11.9. The minimum atomic E-state index is -0.225. The molecule has 1 aliphatic heterocycles. The van der Waals surface area contributed by atoms with Crippen molar-refractivity contribution >= 4 is 47.0 Å². The predicted molar refractivity (Wildman–Crippen MR) is 126 cm³/mol. The van der Waals surface area contributed by atoms with Crippen LogP contribution in [-0.4, -0.2) is 59.4 Å². The van der Waals surface area contributed by atoms with Gasteiger partial charge < -0.3 is 15.5 Å². The van der Waals surface area contributed by atoms with E-state index in [1.165, 1.54) is 6.08 Å². The van der Waals surface area contributed by atoms with Gasteiger partial charge in [0.15, 0.2) is 0 Å².